The Labute approximate surface area is 167 Å². The molecule has 0 unspecified atom stereocenters. The fourth-order valence-electron chi connectivity index (χ4n) is 4.91. The Balaban J connectivity index is 1.28. The van der Waals surface area contributed by atoms with Crippen molar-refractivity contribution < 1.29 is 9.47 Å². The van der Waals surface area contributed by atoms with Crippen molar-refractivity contribution in [2.45, 2.75) is 134 Å². The summed E-state index contributed by atoms with van der Waals surface area (Å²) in [5.41, 5.74) is 0.293. The SMILES string of the molecule is CC(C)(C)OC1CC(OC2CCC(NC3CCN(C(C)(C)C)CC3)CC2)C1. The van der Waals surface area contributed by atoms with Gasteiger partial charge in [0.25, 0.3) is 0 Å². The zero-order chi connectivity index (χ0) is 19.7. The average Bonchev–Trinajstić information content (AvgIpc) is 2.53. The highest BCUT2D eigenvalue weighted by Crippen LogP contribution is 2.33. The van der Waals surface area contributed by atoms with Crippen LogP contribution in [0.1, 0.15) is 92.9 Å². The normalized spacial score (nSPS) is 34.4. The number of hydrogen-bond donors (Lipinski definition) is 1. The second kappa shape index (κ2) is 8.69. The number of ether oxygens (including phenoxy) is 2. The van der Waals surface area contributed by atoms with E-state index >= 15 is 0 Å². The first-order valence-corrected chi connectivity index (χ1v) is 11.4. The molecule has 3 fully saturated rings. The third kappa shape index (κ3) is 6.69. The topological polar surface area (TPSA) is 33.7 Å². The fraction of sp³-hybridized carbons (Fsp3) is 1.00. The van der Waals surface area contributed by atoms with Gasteiger partial charge < -0.3 is 14.8 Å². The summed E-state index contributed by atoms with van der Waals surface area (Å²) >= 11 is 0. The third-order valence-corrected chi connectivity index (χ3v) is 6.55. The molecule has 0 aromatic heterocycles. The molecule has 0 aromatic carbocycles. The van der Waals surface area contributed by atoms with Crippen LogP contribution in [0.5, 0.6) is 0 Å². The van der Waals surface area contributed by atoms with E-state index in [0.29, 0.717) is 35.9 Å². The molecule has 4 nitrogen and oxygen atoms in total. The Bertz CT molecular complexity index is 446. The van der Waals surface area contributed by atoms with Crippen LogP contribution in [0.15, 0.2) is 0 Å². The summed E-state index contributed by atoms with van der Waals surface area (Å²) in [4.78, 5) is 2.63. The van der Waals surface area contributed by atoms with E-state index in [1.165, 1.54) is 51.6 Å². The van der Waals surface area contributed by atoms with E-state index in [9.17, 15) is 0 Å². The maximum absolute atomic E-state index is 6.35. The van der Waals surface area contributed by atoms with Gasteiger partial charge in [-0.1, -0.05) is 0 Å². The zero-order valence-corrected chi connectivity index (χ0v) is 18.7. The van der Waals surface area contributed by atoms with Gasteiger partial charge in [-0.2, -0.15) is 0 Å². The van der Waals surface area contributed by atoms with Crippen molar-refractivity contribution in [1.29, 1.82) is 0 Å². The van der Waals surface area contributed by atoms with Crippen molar-refractivity contribution in [1.82, 2.24) is 10.2 Å². The van der Waals surface area contributed by atoms with Gasteiger partial charge in [-0.25, -0.2) is 0 Å². The Morgan fingerprint density at radius 1 is 0.704 bits per heavy atom. The van der Waals surface area contributed by atoms with Gasteiger partial charge in [0, 0.05) is 30.7 Å². The lowest BCUT2D eigenvalue weighted by Crippen LogP contribution is -2.52. The molecule has 1 saturated heterocycles. The van der Waals surface area contributed by atoms with Crippen LogP contribution in [0.2, 0.25) is 0 Å². The first kappa shape index (κ1) is 21.5. The van der Waals surface area contributed by atoms with E-state index in [1.54, 1.807) is 0 Å². The summed E-state index contributed by atoms with van der Waals surface area (Å²) in [7, 11) is 0. The second-order valence-corrected chi connectivity index (χ2v) is 11.2. The van der Waals surface area contributed by atoms with E-state index in [0.717, 1.165) is 12.8 Å². The molecule has 3 rings (SSSR count). The quantitative estimate of drug-likeness (QED) is 0.761. The molecule has 0 bridgehead atoms. The predicted molar refractivity (Wildman–Crippen MR) is 112 cm³/mol. The van der Waals surface area contributed by atoms with E-state index in [-0.39, 0.29) is 5.60 Å². The minimum Gasteiger partial charge on any atom is -0.375 e. The van der Waals surface area contributed by atoms with E-state index in [4.69, 9.17) is 9.47 Å². The van der Waals surface area contributed by atoms with Gasteiger partial charge >= 0.3 is 0 Å². The summed E-state index contributed by atoms with van der Waals surface area (Å²) in [5.74, 6) is 0. The van der Waals surface area contributed by atoms with Gasteiger partial charge in [0.2, 0.25) is 0 Å². The molecule has 0 radical (unpaired) electrons. The smallest absolute Gasteiger partial charge is 0.0631 e. The van der Waals surface area contributed by atoms with E-state index < -0.39 is 0 Å². The standard InChI is InChI=1S/C23H44N2O2/c1-22(2,3)25-13-11-18(12-14-25)24-17-7-9-19(10-8-17)26-20-15-21(16-20)27-23(4,5)6/h17-21,24H,7-16H2,1-6H3. The minimum absolute atomic E-state index is 0.0254. The van der Waals surface area contributed by atoms with E-state index in [2.05, 4.69) is 51.8 Å². The Hall–Kier alpha value is -0.160. The molecule has 1 heterocycles. The first-order chi connectivity index (χ1) is 12.6. The monoisotopic (exact) mass is 380 g/mol. The molecule has 1 aliphatic heterocycles. The predicted octanol–water partition coefficient (Wildman–Crippen LogP) is 4.51. The molecular formula is C23H44N2O2. The Morgan fingerprint density at radius 3 is 1.78 bits per heavy atom. The highest BCUT2D eigenvalue weighted by Gasteiger charge is 2.36. The zero-order valence-electron chi connectivity index (χ0n) is 18.7. The third-order valence-electron chi connectivity index (χ3n) is 6.55. The molecule has 3 aliphatic rings. The van der Waals surface area contributed by atoms with Crippen molar-refractivity contribution in [3.05, 3.63) is 0 Å². The van der Waals surface area contributed by atoms with Gasteiger partial charge in [-0.3, -0.25) is 4.90 Å². The van der Waals surface area contributed by atoms with Crippen molar-refractivity contribution in [2.24, 2.45) is 0 Å². The number of likely N-dealkylation sites (tertiary alicyclic amines) is 1. The van der Waals surface area contributed by atoms with Gasteiger partial charge in [0.05, 0.1) is 23.9 Å². The summed E-state index contributed by atoms with van der Waals surface area (Å²) in [6, 6.07) is 1.42. The lowest BCUT2D eigenvalue weighted by atomic mass is 9.88. The molecule has 1 N–H and O–H groups in total. The van der Waals surface area contributed by atoms with Gasteiger partial charge in [-0.15, -0.1) is 0 Å². The maximum Gasteiger partial charge on any atom is 0.0631 e. The van der Waals surface area contributed by atoms with Crippen molar-refractivity contribution in [3.63, 3.8) is 0 Å². The van der Waals surface area contributed by atoms with Crippen molar-refractivity contribution >= 4 is 0 Å². The van der Waals surface area contributed by atoms with Crippen LogP contribution in [0.3, 0.4) is 0 Å². The van der Waals surface area contributed by atoms with Crippen molar-refractivity contribution in [2.75, 3.05) is 13.1 Å². The lowest BCUT2D eigenvalue weighted by Gasteiger charge is -2.43. The summed E-state index contributed by atoms with van der Waals surface area (Å²) in [5, 5.41) is 3.96. The molecule has 0 aromatic rings. The number of piperidine rings is 1. The number of nitrogens with one attached hydrogen (secondary N) is 1. The average molecular weight is 381 g/mol. The first-order valence-electron chi connectivity index (χ1n) is 11.4. The van der Waals surface area contributed by atoms with E-state index in [1.807, 2.05) is 0 Å². The molecule has 0 spiro atoms. The van der Waals surface area contributed by atoms with Crippen LogP contribution >= 0.6 is 0 Å². The minimum atomic E-state index is -0.0254. The lowest BCUT2D eigenvalue weighted by molar-refractivity contribution is -0.166. The molecule has 27 heavy (non-hydrogen) atoms. The second-order valence-electron chi connectivity index (χ2n) is 11.2. The van der Waals surface area contributed by atoms with Crippen LogP contribution < -0.4 is 5.32 Å². The molecular weight excluding hydrogens is 336 g/mol. The van der Waals surface area contributed by atoms with Crippen LogP contribution in [-0.2, 0) is 9.47 Å². The fourth-order valence-corrected chi connectivity index (χ4v) is 4.91. The summed E-state index contributed by atoms with van der Waals surface area (Å²) in [6.45, 7) is 15.9. The van der Waals surface area contributed by atoms with Gasteiger partial charge in [0.1, 0.15) is 0 Å². The molecule has 0 atom stereocenters. The van der Waals surface area contributed by atoms with Crippen LogP contribution in [0.4, 0.5) is 0 Å². The Kier molecular flexibility index (Phi) is 6.93. The highest BCUT2D eigenvalue weighted by molar-refractivity contribution is 4.89. The Morgan fingerprint density at radius 2 is 1.26 bits per heavy atom. The number of hydrogen-bond acceptors (Lipinski definition) is 4. The number of nitrogens with zero attached hydrogens (tertiary/aromatic N) is 1. The largest absolute Gasteiger partial charge is 0.375 e. The van der Waals surface area contributed by atoms with Crippen molar-refractivity contribution in [3.8, 4) is 0 Å². The molecule has 158 valence electrons. The summed E-state index contributed by atoms with van der Waals surface area (Å²) < 4.78 is 12.4. The van der Waals surface area contributed by atoms with Crippen LogP contribution in [-0.4, -0.2) is 59.5 Å². The van der Waals surface area contributed by atoms with Gasteiger partial charge in [-0.05, 0) is 92.9 Å². The molecule has 2 saturated carbocycles. The molecule has 2 aliphatic carbocycles. The molecule has 4 heteroatoms. The summed E-state index contributed by atoms with van der Waals surface area (Å²) in [6.07, 6.45) is 11.1. The van der Waals surface area contributed by atoms with Crippen LogP contribution in [0.25, 0.3) is 0 Å². The van der Waals surface area contributed by atoms with Gasteiger partial charge in [0.15, 0.2) is 0 Å². The number of rotatable bonds is 5. The molecule has 0 amide bonds. The maximum atomic E-state index is 6.35. The van der Waals surface area contributed by atoms with Crippen LogP contribution in [0, 0.1) is 0 Å². The highest BCUT2D eigenvalue weighted by atomic mass is 16.5.